The predicted molar refractivity (Wildman–Crippen MR) is 69.0 cm³/mol. The molecule has 14 heavy (non-hydrogen) atoms. The van der Waals surface area contributed by atoms with Crippen LogP contribution < -0.4 is 5.32 Å². The van der Waals surface area contributed by atoms with E-state index in [0.717, 1.165) is 0 Å². The summed E-state index contributed by atoms with van der Waals surface area (Å²) in [5.41, 5.74) is 0. The Bertz CT molecular complexity index is 286. The zero-order chi connectivity index (χ0) is 11.0. The van der Waals surface area contributed by atoms with Crippen LogP contribution in [-0.2, 0) is 0 Å². The maximum atomic E-state index is 3.37. The lowest BCUT2D eigenvalue weighted by Gasteiger charge is -2.41. The first-order chi connectivity index (χ1) is 6.26. The monoisotopic (exact) mass is 226 g/mol. The lowest BCUT2D eigenvalue weighted by Crippen LogP contribution is -2.64. The molecule has 0 saturated carbocycles. The molecule has 80 valence electrons. The Morgan fingerprint density at radius 2 is 1.71 bits per heavy atom. The minimum atomic E-state index is -1.43. The highest BCUT2D eigenvalue weighted by atomic mass is 28.4. The van der Waals surface area contributed by atoms with E-state index in [-0.39, 0.29) is 0 Å². The Morgan fingerprint density at radius 3 is 2.07 bits per heavy atom. The Balaban J connectivity index is 2.96. The normalized spacial score (nSPS) is 13.6. The summed E-state index contributed by atoms with van der Waals surface area (Å²) in [5.74, 6) is 0. The van der Waals surface area contributed by atoms with Crippen molar-refractivity contribution in [2.24, 2.45) is 0 Å². The van der Waals surface area contributed by atoms with Gasteiger partial charge in [-0.05, 0) is 19.2 Å². The van der Waals surface area contributed by atoms with Crippen LogP contribution in [0.25, 0.3) is 0 Å². The number of aromatic nitrogens is 1. The predicted octanol–water partition coefficient (Wildman–Crippen LogP) is 2.19. The van der Waals surface area contributed by atoms with Gasteiger partial charge in [-0.25, -0.2) is 0 Å². The van der Waals surface area contributed by atoms with Gasteiger partial charge in [0.2, 0.25) is 0 Å². The third kappa shape index (κ3) is 2.18. The summed E-state index contributed by atoms with van der Waals surface area (Å²) < 4.78 is 2.66. The van der Waals surface area contributed by atoms with Gasteiger partial charge in [-0.3, -0.25) is 0 Å². The van der Waals surface area contributed by atoms with Crippen LogP contribution >= 0.6 is 0 Å². The molecule has 1 rings (SSSR count). The number of aromatic amines is 1. The zero-order valence-corrected chi connectivity index (χ0v) is 12.2. The van der Waals surface area contributed by atoms with Gasteiger partial charge in [0.1, 0.15) is 8.24 Å². The van der Waals surface area contributed by atoms with E-state index in [4.69, 9.17) is 0 Å². The second-order valence-corrected chi connectivity index (χ2v) is 15.2. The van der Waals surface area contributed by atoms with Gasteiger partial charge < -0.3 is 9.22 Å². The average Bonchev–Trinajstić information content (AvgIpc) is 2.53. The molecule has 0 atom stereocenters. The van der Waals surface area contributed by atoms with Crippen molar-refractivity contribution in [3.05, 3.63) is 18.3 Å². The van der Waals surface area contributed by atoms with Gasteiger partial charge in [0.15, 0.2) is 8.24 Å². The molecule has 0 aliphatic heterocycles. The maximum absolute atomic E-state index is 3.37. The van der Waals surface area contributed by atoms with Gasteiger partial charge in [-0.1, -0.05) is 32.7 Å². The quantitative estimate of drug-likeness (QED) is 0.783. The molecule has 0 radical (unpaired) electrons. The SMILES string of the molecule is CN([Si](C)(C)C)[Si](C)(C)c1ccc[nH]1. The second-order valence-electron chi connectivity index (χ2n) is 5.37. The molecule has 1 heterocycles. The lowest BCUT2D eigenvalue weighted by molar-refractivity contribution is 0.764. The van der Waals surface area contributed by atoms with Crippen molar-refractivity contribution in [1.82, 2.24) is 9.22 Å². The number of H-pyrrole nitrogens is 1. The molecule has 1 aromatic rings. The second kappa shape index (κ2) is 3.68. The fraction of sp³-hybridized carbons (Fsp3) is 0.600. The van der Waals surface area contributed by atoms with E-state index in [0.29, 0.717) is 0 Å². The Morgan fingerprint density at radius 1 is 1.14 bits per heavy atom. The largest absolute Gasteiger partial charge is 0.367 e. The van der Waals surface area contributed by atoms with Gasteiger partial charge in [0.05, 0.1) is 0 Å². The van der Waals surface area contributed by atoms with Crippen LogP contribution in [0.1, 0.15) is 0 Å². The molecule has 0 amide bonds. The minimum absolute atomic E-state index is 1.18. The molecule has 0 aliphatic carbocycles. The molecule has 0 bridgehead atoms. The summed E-state index contributed by atoms with van der Waals surface area (Å²) in [4.78, 5) is 3.37. The van der Waals surface area contributed by atoms with Crippen LogP contribution in [0.4, 0.5) is 0 Å². The van der Waals surface area contributed by atoms with Gasteiger partial charge in [0.25, 0.3) is 0 Å². The van der Waals surface area contributed by atoms with Crippen molar-refractivity contribution in [2.75, 3.05) is 7.05 Å². The summed E-state index contributed by atoms with van der Waals surface area (Å²) in [5, 5.41) is 1.43. The van der Waals surface area contributed by atoms with Crippen LogP contribution in [0.3, 0.4) is 0 Å². The van der Waals surface area contributed by atoms with E-state index in [1.54, 1.807) is 0 Å². The van der Waals surface area contributed by atoms with Crippen LogP contribution in [-0.4, -0.2) is 32.7 Å². The van der Waals surface area contributed by atoms with Gasteiger partial charge in [0, 0.05) is 11.5 Å². The van der Waals surface area contributed by atoms with E-state index in [9.17, 15) is 0 Å². The minimum Gasteiger partial charge on any atom is -0.367 e. The molecule has 1 aromatic heterocycles. The third-order valence-electron chi connectivity index (χ3n) is 3.10. The van der Waals surface area contributed by atoms with Crippen LogP contribution in [0.2, 0.25) is 32.7 Å². The average molecular weight is 226 g/mol. The highest BCUT2D eigenvalue weighted by Gasteiger charge is 2.36. The topological polar surface area (TPSA) is 19.0 Å². The number of hydrogen-bond acceptors (Lipinski definition) is 1. The molecule has 0 saturated heterocycles. The van der Waals surface area contributed by atoms with Crippen molar-refractivity contribution in [3.8, 4) is 0 Å². The van der Waals surface area contributed by atoms with E-state index in [1.807, 2.05) is 6.20 Å². The highest BCUT2D eigenvalue weighted by molar-refractivity contribution is 6.96. The number of nitrogens with zero attached hydrogens (tertiary/aromatic N) is 1. The fourth-order valence-electron chi connectivity index (χ4n) is 1.73. The van der Waals surface area contributed by atoms with E-state index in [1.165, 1.54) is 5.32 Å². The molecular formula is C10H22N2Si2. The van der Waals surface area contributed by atoms with Gasteiger partial charge >= 0.3 is 0 Å². The smallest absolute Gasteiger partial charge is 0.166 e. The van der Waals surface area contributed by atoms with Crippen LogP contribution in [0.5, 0.6) is 0 Å². The van der Waals surface area contributed by atoms with Crippen LogP contribution in [0.15, 0.2) is 18.3 Å². The zero-order valence-electron chi connectivity index (χ0n) is 10.2. The number of rotatable bonds is 3. The van der Waals surface area contributed by atoms with E-state index in [2.05, 4.69) is 61.1 Å². The molecule has 0 spiro atoms. The molecule has 0 aliphatic rings. The molecule has 1 N–H and O–H groups in total. The van der Waals surface area contributed by atoms with Crippen molar-refractivity contribution < 1.29 is 0 Å². The molecule has 0 aromatic carbocycles. The summed E-state index contributed by atoms with van der Waals surface area (Å²) in [6, 6.07) is 4.32. The summed E-state index contributed by atoms with van der Waals surface area (Å²) in [6.45, 7) is 12.0. The Labute approximate surface area is 89.5 Å². The third-order valence-corrected chi connectivity index (χ3v) is 12.1. The molecule has 2 nitrogen and oxygen atoms in total. The maximum Gasteiger partial charge on any atom is 0.166 e. The highest BCUT2D eigenvalue weighted by Crippen LogP contribution is 2.16. The van der Waals surface area contributed by atoms with E-state index >= 15 is 0 Å². The fourth-order valence-corrected chi connectivity index (χ4v) is 10.1. The Kier molecular flexibility index (Phi) is 3.08. The summed E-state index contributed by atoms with van der Waals surface area (Å²) >= 11 is 0. The van der Waals surface area contributed by atoms with Crippen LogP contribution in [0, 0.1) is 0 Å². The van der Waals surface area contributed by atoms with Gasteiger partial charge in [-0.2, -0.15) is 0 Å². The molecule has 4 heteroatoms. The first-order valence-corrected chi connectivity index (χ1v) is 11.5. The van der Waals surface area contributed by atoms with E-state index < -0.39 is 16.5 Å². The summed E-state index contributed by atoms with van der Waals surface area (Å²) in [6.07, 6.45) is 2.03. The van der Waals surface area contributed by atoms with Crippen molar-refractivity contribution >= 4 is 21.8 Å². The molecule has 0 fully saturated rings. The molecule has 0 unspecified atom stereocenters. The van der Waals surface area contributed by atoms with Crippen molar-refractivity contribution in [1.29, 1.82) is 0 Å². The lowest BCUT2D eigenvalue weighted by atomic mass is 10.7. The molecular weight excluding hydrogens is 204 g/mol. The summed E-state index contributed by atoms with van der Waals surface area (Å²) in [7, 11) is -0.313. The first kappa shape index (κ1) is 11.7. The van der Waals surface area contributed by atoms with Crippen molar-refractivity contribution in [3.63, 3.8) is 0 Å². The Hall–Kier alpha value is -0.326. The first-order valence-electron chi connectivity index (χ1n) is 5.14. The van der Waals surface area contributed by atoms with Gasteiger partial charge in [-0.15, -0.1) is 0 Å². The van der Waals surface area contributed by atoms with Crippen molar-refractivity contribution in [2.45, 2.75) is 32.7 Å². The standard InChI is InChI=1S/C10H22N2Si2/c1-12(13(2,3)4)14(5,6)10-8-7-9-11-10/h7-9,11H,1-6H3. The number of nitrogens with one attached hydrogen (secondary N) is 1. The number of hydrogen-bond donors (Lipinski definition) is 1.